The Bertz CT molecular complexity index is 750. The van der Waals surface area contributed by atoms with Crippen LogP contribution in [0.2, 0.25) is 0 Å². The van der Waals surface area contributed by atoms with E-state index in [1.165, 1.54) is 0 Å². The molecule has 0 aromatic carbocycles. The first-order valence-electron chi connectivity index (χ1n) is 9.01. The fraction of sp³-hybridized carbons (Fsp3) is 0.647. The molecule has 0 unspecified atom stereocenters. The number of rotatable bonds is 7. The molecular formula is C17H24N6O2. The Morgan fingerprint density at radius 1 is 1.40 bits per heavy atom. The lowest BCUT2D eigenvalue weighted by Gasteiger charge is -2.28. The fourth-order valence-corrected chi connectivity index (χ4v) is 3.64. The van der Waals surface area contributed by atoms with Crippen LogP contribution in [0, 0.1) is 0 Å². The molecule has 0 radical (unpaired) electrons. The standard InChI is InChI=1S/C17H24N6O2/c1-3-4-15-20-14(21-25-15)10-18-12-9-16(24)23(11-5-6-11)17(12)13-7-8-19-22(13)2/h7-8,11-12,17-18H,3-6,9-10H2,1-2H3/t12-,17-/m1/s1. The third-order valence-corrected chi connectivity index (χ3v) is 4.96. The average Bonchev–Trinajstić information content (AvgIpc) is 3.02. The van der Waals surface area contributed by atoms with Crippen molar-refractivity contribution in [1.29, 1.82) is 0 Å². The SMILES string of the molecule is CCCc1nc(CN[C@@H]2CC(=O)N(C3CC3)[C@H]2c2ccnn2C)no1. The van der Waals surface area contributed by atoms with E-state index in [4.69, 9.17) is 4.52 Å². The van der Waals surface area contributed by atoms with Crippen molar-refractivity contribution in [1.82, 2.24) is 30.1 Å². The van der Waals surface area contributed by atoms with E-state index in [1.807, 2.05) is 22.7 Å². The predicted octanol–water partition coefficient (Wildman–Crippen LogP) is 1.35. The predicted molar refractivity (Wildman–Crippen MR) is 89.4 cm³/mol. The second-order valence-corrected chi connectivity index (χ2v) is 6.90. The van der Waals surface area contributed by atoms with Gasteiger partial charge in [-0.2, -0.15) is 10.1 Å². The molecule has 1 aliphatic carbocycles. The van der Waals surface area contributed by atoms with Crippen LogP contribution in [-0.2, 0) is 24.8 Å². The molecule has 4 rings (SSSR count). The maximum Gasteiger partial charge on any atom is 0.226 e. The lowest BCUT2D eigenvalue weighted by molar-refractivity contribution is -0.129. The molecule has 2 atom stereocenters. The summed E-state index contributed by atoms with van der Waals surface area (Å²) in [6, 6.07) is 2.41. The van der Waals surface area contributed by atoms with Gasteiger partial charge >= 0.3 is 0 Å². The molecule has 8 heteroatoms. The first-order valence-corrected chi connectivity index (χ1v) is 9.01. The average molecular weight is 344 g/mol. The molecule has 1 aliphatic heterocycles. The number of hydrogen-bond acceptors (Lipinski definition) is 6. The van der Waals surface area contributed by atoms with E-state index in [9.17, 15) is 4.79 Å². The van der Waals surface area contributed by atoms with E-state index in [0.717, 1.165) is 31.4 Å². The van der Waals surface area contributed by atoms with Gasteiger partial charge < -0.3 is 14.7 Å². The Balaban J connectivity index is 1.50. The zero-order valence-corrected chi connectivity index (χ0v) is 14.7. The lowest BCUT2D eigenvalue weighted by atomic mass is 10.1. The molecule has 25 heavy (non-hydrogen) atoms. The summed E-state index contributed by atoms with van der Waals surface area (Å²) < 4.78 is 7.10. The van der Waals surface area contributed by atoms with Crippen LogP contribution in [0.4, 0.5) is 0 Å². The number of aromatic nitrogens is 4. The van der Waals surface area contributed by atoms with Crippen molar-refractivity contribution in [2.45, 2.75) is 63.7 Å². The Hall–Kier alpha value is -2.22. The summed E-state index contributed by atoms with van der Waals surface area (Å²) in [4.78, 5) is 19.0. The highest BCUT2D eigenvalue weighted by Gasteiger charge is 2.48. The second-order valence-electron chi connectivity index (χ2n) is 6.90. The molecule has 2 aliphatic rings. The minimum atomic E-state index is 0.00881. The monoisotopic (exact) mass is 344 g/mol. The molecule has 1 saturated heterocycles. The first-order chi connectivity index (χ1) is 12.2. The van der Waals surface area contributed by atoms with Crippen LogP contribution in [0.1, 0.15) is 56.1 Å². The summed E-state index contributed by atoms with van der Waals surface area (Å²) in [5.41, 5.74) is 1.06. The molecule has 3 heterocycles. The van der Waals surface area contributed by atoms with Gasteiger partial charge in [0.15, 0.2) is 5.82 Å². The molecule has 0 bridgehead atoms. The molecule has 1 saturated carbocycles. The van der Waals surface area contributed by atoms with Crippen molar-refractivity contribution in [3.8, 4) is 0 Å². The quantitative estimate of drug-likeness (QED) is 0.815. The van der Waals surface area contributed by atoms with Crippen LogP contribution < -0.4 is 5.32 Å². The molecule has 2 fully saturated rings. The zero-order chi connectivity index (χ0) is 17.4. The highest BCUT2D eigenvalue weighted by Crippen LogP contribution is 2.41. The van der Waals surface area contributed by atoms with Crippen molar-refractivity contribution in [2.24, 2.45) is 7.05 Å². The number of aryl methyl sites for hydroxylation is 2. The minimum absolute atomic E-state index is 0.00881. The molecule has 0 spiro atoms. The molecule has 1 amide bonds. The van der Waals surface area contributed by atoms with E-state index in [1.54, 1.807) is 6.20 Å². The number of carbonyl (C=O) groups excluding carboxylic acids is 1. The van der Waals surface area contributed by atoms with Crippen molar-refractivity contribution in [3.05, 3.63) is 29.7 Å². The van der Waals surface area contributed by atoms with Gasteiger partial charge in [0.25, 0.3) is 0 Å². The van der Waals surface area contributed by atoms with Gasteiger partial charge in [-0.3, -0.25) is 9.48 Å². The summed E-state index contributed by atoms with van der Waals surface area (Å²) in [6.07, 6.45) is 6.24. The van der Waals surface area contributed by atoms with Gasteiger partial charge in [-0.15, -0.1) is 0 Å². The van der Waals surface area contributed by atoms with Gasteiger partial charge in [0.1, 0.15) is 0 Å². The molecule has 8 nitrogen and oxygen atoms in total. The zero-order valence-electron chi connectivity index (χ0n) is 14.7. The van der Waals surface area contributed by atoms with Crippen LogP contribution >= 0.6 is 0 Å². The maximum absolute atomic E-state index is 12.6. The topological polar surface area (TPSA) is 89.1 Å². The number of likely N-dealkylation sites (tertiary alicyclic amines) is 1. The van der Waals surface area contributed by atoms with Gasteiger partial charge in [-0.1, -0.05) is 12.1 Å². The summed E-state index contributed by atoms with van der Waals surface area (Å²) in [7, 11) is 1.93. The van der Waals surface area contributed by atoms with Crippen molar-refractivity contribution >= 4 is 5.91 Å². The van der Waals surface area contributed by atoms with Crippen molar-refractivity contribution in [3.63, 3.8) is 0 Å². The number of hydrogen-bond donors (Lipinski definition) is 1. The molecule has 134 valence electrons. The molecule has 2 aromatic rings. The summed E-state index contributed by atoms with van der Waals surface area (Å²) in [5, 5.41) is 11.8. The molecule has 2 aromatic heterocycles. The van der Waals surface area contributed by atoms with Gasteiger partial charge in [0, 0.05) is 38.2 Å². The lowest BCUT2D eigenvalue weighted by Crippen LogP contribution is -2.38. The Kier molecular flexibility index (Phi) is 4.29. The highest BCUT2D eigenvalue weighted by molar-refractivity contribution is 5.81. The summed E-state index contributed by atoms with van der Waals surface area (Å²) in [6.45, 7) is 2.58. The smallest absolute Gasteiger partial charge is 0.226 e. The fourth-order valence-electron chi connectivity index (χ4n) is 3.64. The van der Waals surface area contributed by atoms with Gasteiger partial charge in [0.05, 0.1) is 18.3 Å². The van der Waals surface area contributed by atoms with E-state index in [2.05, 4.69) is 27.5 Å². The number of amides is 1. The number of nitrogens with one attached hydrogen (secondary N) is 1. The first kappa shape index (κ1) is 16.3. The van der Waals surface area contributed by atoms with Crippen molar-refractivity contribution in [2.75, 3.05) is 0 Å². The Labute approximate surface area is 146 Å². The van der Waals surface area contributed by atoms with Gasteiger partial charge in [0.2, 0.25) is 11.8 Å². The van der Waals surface area contributed by atoms with E-state index in [0.29, 0.717) is 30.7 Å². The molecular weight excluding hydrogens is 320 g/mol. The van der Waals surface area contributed by atoms with Crippen LogP contribution in [0.3, 0.4) is 0 Å². The third-order valence-electron chi connectivity index (χ3n) is 4.96. The van der Waals surface area contributed by atoms with Crippen LogP contribution in [0.5, 0.6) is 0 Å². The molecule has 1 N–H and O–H groups in total. The Morgan fingerprint density at radius 3 is 2.92 bits per heavy atom. The maximum atomic E-state index is 12.6. The van der Waals surface area contributed by atoms with Gasteiger partial charge in [-0.25, -0.2) is 0 Å². The largest absolute Gasteiger partial charge is 0.339 e. The van der Waals surface area contributed by atoms with E-state index < -0.39 is 0 Å². The van der Waals surface area contributed by atoms with E-state index >= 15 is 0 Å². The highest BCUT2D eigenvalue weighted by atomic mass is 16.5. The van der Waals surface area contributed by atoms with Gasteiger partial charge in [-0.05, 0) is 25.3 Å². The summed E-state index contributed by atoms with van der Waals surface area (Å²) in [5.74, 6) is 1.53. The van der Waals surface area contributed by atoms with Crippen LogP contribution in [0.15, 0.2) is 16.8 Å². The van der Waals surface area contributed by atoms with E-state index in [-0.39, 0.29) is 18.0 Å². The van der Waals surface area contributed by atoms with Crippen molar-refractivity contribution < 1.29 is 9.32 Å². The Morgan fingerprint density at radius 2 is 2.24 bits per heavy atom. The minimum Gasteiger partial charge on any atom is -0.339 e. The summed E-state index contributed by atoms with van der Waals surface area (Å²) >= 11 is 0. The van der Waals surface area contributed by atoms with Crippen LogP contribution in [-0.4, -0.2) is 42.8 Å². The van der Waals surface area contributed by atoms with Crippen LogP contribution in [0.25, 0.3) is 0 Å². The number of nitrogens with zero attached hydrogens (tertiary/aromatic N) is 5. The number of carbonyl (C=O) groups is 1. The normalized spacial score (nSPS) is 23.6. The third kappa shape index (κ3) is 3.18. The second kappa shape index (κ2) is 6.59.